The van der Waals surface area contributed by atoms with Gasteiger partial charge in [0.15, 0.2) is 11.5 Å². The zero-order valence-corrected chi connectivity index (χ0v) is 18.8. The number of nitrogens with zero attached hydrogens (tertiary/aromatic N) is 3. The number of carbonyl (C=O) groups excluding carboxylic acids is 1. The van der Waals surface area contributed by atoms with E-state index in [0.29, 0.717) is 38.9 Å². The lowest BCUT2D eigenvalue weighted by atomic mass is 9.96. The lowest BCUT2D eigenvalue weighted by molar-refractivity contribution is -0.115. The number of carbonyl (C=O) groups is 1. The van der Waals surface area contributed by atoms with E-state index >= 15 is 0 Å². The van der Waals surface area contributed by atoms with Gasteiger partial charge >= 0.3 is 0 Å². The molecule has 2 aliphatic rings. The summed E-state index contributed by atoms with van der Waals surface area (Å²) in [6, 6.07) is 9.69. The summed E-state index contributed by atoms with van der Waals surface area (Å²) in [6.45, 7) is 0.289. The maximum Gasteiger partial charge on any atom is 0.276 e. The second-order valence-corrected chi connectivity index (χ2v) is 9.60. The molecule has 8 nitrogen and oxygen atoms in total. The van der Waals surface area contributed by atoms with Crippen molar-refractivity contribution >= 4 is 34.0 Å². The molecule has 0 fully saturated rings. The van der Waals surface area contributed by atoms with Crippen LogP contribution in [0.4, 0.5) is 5.00 Å². The van der Waals surface area contributed by atoms with Crippen LogP contribution in [0.2, 0.25) is 0 Å². The van der Waals surface area contributed by atoms with Crippen LogP contribution in [0.25, 0.3) is 0 Å². The molecule has 32 heavy (non-hydrogen) atoms. The molecule has 5 rings (SSSR count). The molecule has 0 saturated heterocycles. The molecule has 3 heterocycles. The summed E-state index contributed by atoms with van der Waals surface area (Å²) >= 11 is 2.84. The third kappa shape index (κ3) is 4.31. The Balaban J connectivity index is 1.14. The average Bonchev–Trinajstić information content (AvgIpc) is 3.43. The van der Waals surface area contributed by atoms with Gasteiger partial charge in [-0.05, 0) is 43.4 Å². The number of para-hydroxylation sites is 2. The summed E-state index contributed by atoms with van der Waals surface area (Å²) < 4.78 is 17.3. The van der Waals surface area contributed by atoms with Crippen LogP contribution in [0.15, 0.2) is 33.9 Å². The fraction of sp³-hybridized carbons (Fsp3) is 0.364. The monoisotopic (exact) mass is 468 g/mol. The maximum atomic E-state index is 12.4. The summed E-state index contributed by atoms with van der Waals surface area (Å²) in [7, 11) is 0. The first-order chi connectivity index (χ1) is 15.7. The number of fused-ring (bicyclic) bond motifs is 2. The number of amides is 1. The van der Waals surface area contributed by atoms with Gasteiger partial charge in [-0.15, -0.1) is 21.5 Å². The average molecular weight is 469 g/mol. The van der Waals surface area contributed by atoms with Gasteiger partial charge < -0.3 is 19.2 Å². The first kappa shape index (κ1) is 20.8. The van der Waals surface area contributed by atoms with Gasteiger partial charge in [-0.1, -0.05) is 23.9 Å². The van der Waals surface area contributed by atoms with E-state index in [1.54, 1.807) is 0 Å². The number of nitriles is 1. The largest absolute Gasteiger partial charge is 0.485 e. The standard InChI is InChI=1S/C22H20N4O4S2/c23-11-14-13-5-1-4-8-18(13)32-21(14)24-19(27)9-10-31-22-26-25-20(30-22)17-12-28-15-6-2-3-7-16(15)29-17/h2-3,6-7,17H,1,4-5,8-10,12H2,(H,24,27). The topological polar surface area (TPSA) is 110 Å². The summed E-state index contributed by atoms with van der Waals surface area (Å²) in [6.07, 6.45) is 3.94. The molecule has 1 N–H and O–H groups in total. The van der Waals surface area contributed by atoms with Gasteiger partial charge in [0.05, 0.1) is 5.56 Å². The molecule has 1 amide bonds. The second kappa shape index (κ2) is 9.22. The highest BCUT2D eigenvalue weighted by Gasteiger charge is 2.27. The first-order valence-electron chi connectivity index (χ1n) is 10.4. The number of hydrogen-bond acceptors (Lipinski definition) is 9. The molecule has 1 atom stereocenters. The Labute approximate surface area is 192 Å². The van der Waals surface area contributed by atoms with Gasteiger partial charge in [0, 0.05) is 17.1 Å². The summed E-state index contributed by atoms with van der Waals surface area (Å²) in [5, 5.41) is 21.6. The van der Waals surface area contributed by atoms with Crippen LogP contribution in [-0.4, -0.2) is 28.5 Å². The molecule has 1 aromatic carbocycles. The molecule has 1 unspecified atom stereocenters. The highest BCUT2D eigenvalue weighted by atomic mass is 32.2. The quantitative estimate of drug-likeness (QED) is 0.526. The number of nitrogens with one attached hydrogen (secondary N) is 1. The van der Waals surface area contributed by atoms with Crippen molar-refractivity contribution in [3.8, 4) is 17.6 Å². The van der Waals surface area contributed by atoms with Crippen LogP contribution in [-0.2, 0) is 17.6 Å². The highest BCUT2D eigenvalue weighted by molar-refractivity contribution is 7.99. The predicted molar refractivity (Wildman–Crippen MR) is 119 cm³/mol. The SMILES string of the molecule is N#Cc1c(NC(=O)CCSc2nnc(C3COc4ccccc4O3)o2)sc2c1CCCC2. The number of hydrogen-bond donors (Lipinski definition) is 1. The number of anilines is 1. The molecular formula is C22H20N4O4S2. The fourth-order valence-electron chi connectivity index (χ4n) is 3.74. The lowest BCUT2D eigenvalue weighted by Gasteiger charge is -2.23. The molecule has 0 saturated carbocycles. The van der Waals surface area contributed by atoms with Crippen LogP contribution in [0.3, 0.4) is 0 Å². The van der Waals surface area contributed by atoms with Crippen molar-refractivity contribution in [2.24, 2.45) is 0 Å². The van der Waals surface area contributed by atoms with E-state index in [0.717, 1.165) is 31.2 Å². The Morgan fingerprint density at radius 3 is 2.97 bits per heavy atom. The Bertz CT molecular complexity index is 1180. The first-order valence-corrected chi connectivity index (χ1v) is 12.2. The summed E-state index contributed by atoms with van der Waals surface area (Å²) in [5.41, 5.74) is 1.74. The second-order valence-electron chi connectivity index (χ2n) is 7.44. The van der Waals surface area contributed by atoms with Gasteiger partial charge in [0.1, 0.15) is 17.7 Å². The van der Waals surface area contributed by atoms with Crippen LogP contribution in [0.1, 0.15) is 47.3 Å². The van der Waals surface area contributed by atoms with Crippen LogP contribution in [0, 0.1) is 11.3 Å². The Hall–Kier alpha value is -3.03. The van der Waals surface area contributed by atoms with Crippen LogP contribution >= 0.6 is 23.1 Å². The zero-order valence-electron chi connectivity index (χ0n) is 17.1. The van der Waals surface area contributed by atoms with E-state index < -0.39 is 6.10 Å². The van der Waals surface area contributed by atoms with Gasteiger partial charge in [-0.2, -0.15) is 5.26 Å². The van der Waals surface area contributed by atoms with Gasteiger partial charge in [-0.25, -0.2) is 0 Å². The molecule has 2 aromatic heterocycles. The predicted octanol–water partition coefficient (Wildman–Crippen LogP) is 4.51. The molecule has 10 heteroatoms. The van der Waals surface area contributed by atoms with E-state index in [2.05, 4.69) is 21.6 Å². The van der Waals surface area contributed by atoms with Crippen molar-refractivity contribution in [3.63, 3.8) is 0 Å². The molecule has 0 bridgehead atoms. The molecule has 164 valence electrons. The van der Waals surface area contributed by atoms with Crippen LogP contribution < -0.4 is 14.8 Å². The van der Waals surface area contributed by atoms with Crippen molar-refractivity contribution in [2.45, 2.75) is 43.4 Å². The number of thioether (sulfide) groups is 1. The molecule has 3 aromatic rings. The molecule has 0 spiro atoms. The third-order valence-corrected chi connectivity index (χ3v) is 7.32. The minimum Gasteiger partial charge on any atom is -0.485 e. The molecule has 0 radical (unpaired) electrons. The van der Waals surface area contributed by atoms with Crippen molar-refractivity contribution in [2.75, 3.05) is 17.7 Å². The number of aryl methyl sites for hydroxylation is 1. The van der Waals surface area contributed by atoms with Gasteiger partial charge in [0.25, 0.3) is 11.1 Å². The Kier molecular flexibility index (Phi) is 6.01. The molecule has 1 aliphatic carbocycles. The third-order valence-electron chi connectivity index (χ3n) is 5.30. The number of thiophene rings is 1. The van der Waals surface area contributed by atoms with E-state index in [1.807, 2.05) is 24.3 Å². The van der Waals surface area contributed by atoms with Gasteiger partial charge in [0.2, 0.25) is 12.0 Å². The van der Waals surface area contributed by atoms with E-state index in [1.165, 1.54) is 28.0 Å². The van der Waals surface area contributed by atoms with Crippen molar-refractivity contribution < 1.29 is 18.7 Å². The highest BCUT2D eigenvalue weighted by Crippen LogP contribution is 2.38. The number of aromatic nitrogens is 2. The van der Waals surface area contributed by atoms with Gasteiger partial charge in [-0.3, -0.25) is 4.79 Å². The molecule has 1 aliphatic heterocycles. The minimum atomic E-state index is -0.468. The van der Waals surface area contributed by atoms with Crippen LogP contribution in [0.5, 0.6) is 11.5 Å². The Morgan fingerprint density at radius 2 is 2.09 bits per heavy atom. The fourth-order valence-corrected chi connectivity index (χ4v) is 5.70. The molecular weight excluding hydrogens is 448 g/mol. The Morgan fingerprint density at radius 1 is 1.25 bits per heavy atom. The van der Waals surface area contributed by atoms with E-state index in [9.17, 15) is 10.1 Å². The van der Waals surface area contributed by atoms with Crippen molar-refractivity contribution in [1.82, 2.24) is 10.2 Å². The normalized spacial score (nSPS) is 16.8. The maximum absolute atomic E-state index is 12.4. The number of rotatable bonds is 6. The van der Waals surface area contributed by atoms with E-state index in [-0.39, 0.29) is 18.9 Å². The minimum absolute atomic E-state index is 0.132. The summed E-state index contributed by atoms with van der Waals surface area (Å²) in [5.74, 6) is 2.02. The van der Waals surface area contributed by atoms with Crippen molar-refractivity contribution in [1.29, 1.82) is 5.26 Å². The van der Waals surface area contributed by atoms with Crippen molar-refractivity contribution in [3.05, 3.63) is 46.2 Å². The number of benzene rings is 1. The smallest absolute Gasteiger partial charge is 0.276 e. The van der Waals surface area contributed by atoms with E-state index in [4.69, 9.17) is 13.9 Å². The summed E-state index contributed by atoms with van der Waals surface area (Å²) in [4.78, 5) is 13.7. The number of ether oxygens (including phenoxy) is 2. The lowest BCUT2D eigenvalue weighted by Crippen LogP contribution is -2.21. The zero-order chi connectivity index (χ0) is 21.9.